The van der Waals surface area contributed by atoms with Crippen LogP contribution in [-0.2, 0) is 0 Å². The Labute approximate surface area is 179 Å². The van der Waals surface area contributed by atoms with Gasteiger partial charge in [-0.15, -0.1) is 6.58 Å². The molecule has 4 unspecified atom stereocenters. The number of methoxy groups -OCH3 is 1. The van der Waals surface area contributed by atoms with E-state index in [1.54, 1.807) is 12.1 Å². The topological polar surface area (TPSA) is 9.23 Å². The fourth-order valence-corrected chi connectivity index (χ4v) is 5.77. The van der Waals surface area contributed by atoms with Gasteiger partial charge >= 0.3 is 0 Å². The average Bonchev–Trinajstić information content (AvgIpc) is 2.77. The Morgan fingerprint density at radius 2 is 1.77 bits per heavy atom. The fourth-order valence-electron chi connectivity index (χ4n) is 5.77. The lowest BCUT2D eigenvalue weighted by atomic mass is 9.63. The maximum Gasteiger partial charge on any atom is 0.134 e. The predicted octanol–water partition coefficient (Wildman–Crippen LogP) is 7.91. The van der Waals surface area contributed by atoms with Crippen LogP contribution >= 0.6 is 0 Å². The molecule has 4 rings (SSSR count). The van der Waals surface area contributed by atoms with E-state index in [1.165, 1.54) is 51.3 Å². The van der Waals surface area contributed by atoms with Gasteiger partial charge in [-0.2, -0.15) is 0 Å². The number of hydrogen-bond acceptors (Lipinski definition) is 1. The fraction of sp³-hybridized carbons (Fsp3) is 0.481. The van der Waals surface area contributed by atoms with Crippen LogP contribution in [0.5, 0.6) is 5.75 Å². The zero-order valence-corrected chi connectivity index (χ0v) is 17.9. The molecule has 2 aliphatic rings. The first-order valence-electron chi connectivity index (χ1n) is 11.3. The van der Waals surface area contributed by atoms with Crippen LogP contribution < -0.4 is 4.74 Å². The standard InChI is InChI=1S/C27H32F2O/c1-3-4-5-18-6-7-20-15-21(9-8-19(20)14-18)24-12-10-22(16-26(24)28)25-13-11-23(30-2)17-27(25)29/h3,10-13,16-21H,1,4-9,14-15H2,2H3. The number of rotatable bonds is 6. The monoisotopic (exact) mass is 410 g/mol. The molecule has 1 nitrogen and oxygen atoms in total. The van der Waals surface area contributed by atoms with Crippen LogP contribution in [-0.4, -0.2) is 7.11 Å². The number of fused-ring (bicyclic) bond motifs is 1. The Morgan fingerprint density at radius 3 is 2.50 bits per heavy atom. The molecule has 0 N–H and O–H groups in total. The van der Waals surface area contributed by atoms with Crippen molar-refractivity contribution < 1.29 is 13.5 Å². The second-order valence-electron chi connectivity index (χ2n) is 9.16. The quantitative estimate of drug-likeness (QED) is 0.440. The van der Waals surface area contributed by atoms with Crippen molar-refractivity contribution in [3.63, 3.8) is 0 Å². The highest BCUT2D eigenvalue weighted by Gasteiger charge is 2.36. The first-order valence-corrected chi connectivity index (χ1v) is 11.3. The Kier molecular flexibility index (Phi) is 6.55. The summed E-state index contributed by atoms with van der Waals surface area (Å²) in [7, 11) is 1.51. The van der Waals surface area contributed by atoms with Crippen molar-refractivity contribution in [1.29, 1.82) is 0 Å². The van der Waals surface area contributed by atoms with Crippen molar-refractivity contribution in [3.05, 3.63) is 66.3 Å². The van der Waals surface area contributed by atoms with Gasteiger partial charge in [0.2, 0.25) is 0 Å². The summed E-state index contributed by atoms with van der Waals surface area (Å²) in [6.45, 7) is 3.85. The first kappa shape index (κ1) is 21.1. The van der Waals surface area contributed by atoms with Gasteiger partial charge < -0.3 is 4.74 Å². The Balaban J connectivity index is 1.45. The van der Waals surface area contributed by atoms with E-state index in [-0.39, 0.29) is 11.7 Å². The van der Waals surface area contributed by atoms with Gasteiger partial charge in [0, 0.05) is 11.6 Å². The van der Waals surface area contributed by atoms with Gasteiger partial charge in [-0.25, -0.2) is 8.78 Å². The van der Waals surface area contributed by atoms with Crippen molar-refractivity contribution in [2.24, 2.45) is 17.8 Å². The summed E-state index contributed by atoms with van der Waals surface area (Å²) in [5, 5.41) is 0. The van der Waals surface area contributed by atoms with E-state index < -0.39 is 5.82 Å². The third kappa shape index (κ3) is 4.45. The summed E-state index contributed by atoms with van der Waals surface area (Å²) in [5.74, 6) is 2.52. The molecule has 2 saturated carbocycles. The smallest absolute Gasteiger partial charge is 0.134 e. The van der Waals surface area contributed by atoms with Gasteiger partial charge in [0.1, 0.15) is 17.4 Å². The summed E-state index contributed by atoms with van der Waals surface area (Å²) >= 11 is 0. The van der Waals surface area contributed by atoms with Crippen LogP contribution in [0.25, 0.3) is 11.1 Å². The minimum absolute atomic E-state index is 0.203. The van der Waals surface area contributed by atoms with Gasteiger partial charge in [0.25, 0.3) is 0 Å². The molecule has 0 bridgehead atoms. The molecule has 3 heteroatoms. The van der Waals surface area contributed by atoms with E-state index in [1.807, 2.05) is 18.2 Å². The predicted molar refractivity (Wildman–Crippen MR) is 119 cm³/mol. The molecular formula is C27H32F2O. The van der Waals surface area contributed by atoms with Crippen molar-refractivity contribution in [1.82, 2.24) is 0 Å². The van der Waals surface area contributed by atoms with Crippen LogP contribution in [0.1, 0.15) is 62.8 Å². The molecule has 0 heterocycles. The third-order valence-electron chi connectivity index (χ3n) is 7.43. The van der Waals surface area contributed by atoms with Gasteiger partial charge in [-0.05, 0) is 97.9 Å². The molecule has 0 spiro atoms. The highest BCUT2D eigenvalue weighted by Crippen LogP contribution is 2.49. The van der Waals surface area contributed by atoms with E-state index in [4.69, 9.17) is 4.74 Å². The zero-order chi connectivity index (χ0) is 21.1. The second-order valence-corrected chi connectivity index (χ2v) is 9.16. The van der Waals surface area contributed by atoms with Crippen LogP contribution in [0.4, 0.5) is 8.78 Å². The molecule has 0 aromatic heterocycles. The molecule has 30 heavy (non-hydrogen) atoms. The summed E-state index contributed by atoms with van der Waals surface area (Å²) in [4.78, 5) is 0. The van der Waals surface area contributed by atoms with Crippen molar-refractivity contribution in [2.75, 3.05) is 7.11 Å². The van der Waals surface area contributed by atoms with Crippen molar-refractivity contribution in [3.8, 4) is 16.9 Å². The van der Waals surface area contributed by atoms with Crippen LogP contribution in [0, 0.1) is 29.4 Å². The summed E-state index contributed by atoms with van der Waals surface area (Å²) in [5.41, 5.74) is 1.79. The number of allylic oxidation sites excluding steroid dienone is 1. The van der Waals surface area contributed by atoms with Crippen LogP contribution in [0.15, 0.2) is 49.1 Å². The molecule has 0 aliphatic heterocycles. The Bertz CT molecular complexity index is 890. The number of benzene rings is 2. The lowest BCUT2D eigenvalue weighted by Gasteiger charge is -2.42. The zero-order valence-electron chi connectivity index (χ0n) is 17.9. The summed E-state index contributed by atoms with van der Waals surface area (Å²) < 4.78 is 34.5. The van der Waals surface area contributed by atoms with Crippen LogP contribution in [0.2, 0.25) is 0 Å². The molecule has 2 aromatic rings. The molecule has 2 fully saturated rings. The number of halogens is 2. The highest BCUT2D eigenvalue weighted by molar-refractivity contribution is 5.65. The number of ether oxygens (including phenoxy) is 1. The maximum absolute atomic E-state index is 15.1. The van der Waals surface area contributed by atoms with E-state index in [2.05, 4.69) is 6.58 Å². The van der Waals surface area contributed by atoms with Gasteiger partial charge in [0.15, 0.2) is 0 Å². The highest BCUT2D eigenvalue weighted by atomic mass is 19.1. The molecule has 0 saturated heterocycles. The SMILES string of the molecule is C=CCCC1CCC2CC(c3ccc(-c4ccc(OC)cc4F)cc3F)CCC2C1. The van der Waals surface area contributed by atoms with Crippen molar-refractivity contribution >= 4 is 0 Å². The van der Waals surface area contributed by atoms with E-state index in [9.17, 15) is 4.39 Å². The molecule has 2 aromatic carbocycles. The first-order chi connectivity index (χ1) is 14.6. The summed E-state index contributed by atoms with van der Waals surface area (Å²) in [6, 6.07) is 9.94. The largest absolute Gasteiger partial charge is 0.497 e. The lowest BCUT2D eigenvalue weighted by Crippen LogP contribution is -2.30. The van der Waals surface area contributed by atoms with Crippen molar-refractivity contribution in [2.45, 2.75) is 57.3 Å². The molecular weight excluding hydrogens is 378 g/mol. The molecule has 160 valence electrons. The minimum Gasteiger partial charge on any atom is -0.497 e. The average molecular weight is 411 g/mol. The normalized spacial score (nSPS) is 26.1. The maximum atomic E-state index is 15.1. The molecule has 4 atom stereocenters. The third-order valence-corrected chi connectivity index (χ3v) is 7.43. The Morgan fingerprint density at radius 1 is 0.967 bits per heavy atom. The minimum atomic E-state index is -0.393. The van der Waals surface area contributed by atoms with Crippen LogP contribution in [0.3, 0.4) is 0 Å². The summed E-state index contributed by atoms with van der Waals surface area (Å²) in [6.07, 6.45) is 11.7. The van der Waals surface area contributed by atoms with Gasteiger partial charge in [0.05, 0.1) is 7.11 Å². The molecule has 0 radical (unpaired) electrons. The lowest BCUT2D eigenvalue weighted by molar-refractivity contribution is 0.114. The molecule has 2 aliphatic carbocycles. The molecule has 0 amide bonds. The van der Waals surface area contributed by atoms with E-state index in [0.717, 1.165) is 42.6 Å². The second kappa shape index (κ2) is 9.32. The van der Waals surface area contributed by atoms with Gasteiger partial charge in [-0.3, -0.25) is 0 Å². The van der Waals surface area contributed by atoms with E-state index in [0.29, 0.717) is 16.9 Å². The number of hydrogen-bond donors (Lipinski definition) is 0. The Hall–Kier alpha value is -2.16. The van der Waals surface area contributed by atoms with E-state index >= 15 is 4.39 Å². The van der Waals surface area contributed by atoms with Gasteiger partial charge in [-0.1, -0.05) is 24.6 Å².